The third-order valence-electron chi connectivity index (χ3n) is 7.87. The number of carbonyl (C=O) groups is 2. The van der Waals surface area contributed by atoms with Crippen molar-refractivity contribution in [3.05, 3.63) is 52.5 Å². The second-order valence-electron chi connectivity index (χ2n) is 11.6. The van der Waals surface area contributed by atoms with E-state index in [0.29, 0.717) is 31.9 Å². The number of carbonyl (C=O) groups excluding carboxylic acids is 2. The Morgan fingerprint density at radius 3 is 2.51 bits per heavy atom. The smallest absolute Gasteiger partial charge is 0.411 e. The molecule has 1 atom stereocenters. The Morgan fingerprint density at radius 1 is 1.02 bits per heavy atom. The molecule has 1 saturated heterocycles. The number of halogens is 1. The van der Waals surface area contributed by atoms with Gasteiger partial charge in [-0.25, -0.2) is 4.79 Å². The van der Waals surface area contributed by atoms with Crippen molar-refractivity contribution in [2.24, 2.45) is 5.92 Å². The first kappa shape index (κ1) is 31.0. The van der Waals surface area contributed by atoms with E-state index in [1.54, 1.807) is 23.8 Å². The molecule has 4 rings (SSSR count). The van der Waals surface area contributed by atoms with E-state index in [2.05, 4.69) is 22.8 Å². The predicted octanol–water partition coefficient (Wildman–Crippen LogP) is 5.98. The highest BCUT2D eigenvalue weighted by Crippen LogP contribution is 2.33. The van der Waals surface area contributed by atoms with E-state index in [1.807, 2.05) is 44.2 Å². The van der Waals surface area contributed by atoms with Crippen LogP contribution in [0, 0.1) is 12.8 Å². The maximum atomic E-state index is 12.9. The van der Waals surface area contributed by atoms with Crippen LogP contribution in [0.4, 0.5) is 16.2 Å². The summed E-state index contributed by atoms with van der Waals surface area (Å²) in [6, 6.07) is 12.0. The molecule has 0 spiro atoms. The number of aryl methyl sites for hydroxylation is 1. The van der Waals surface area contributed by atoms with Crippen LogP contribution in [0.25, 0.3) is 0 Å². The van der Waals surface area contributed by atoms with Gasteiger partial charge in [0, 0.05) is 63.0 Å². The van der Waals surface area contributed by atoms with Crippen molar-refractivity contribution >= 4 is 35.0 Å². The SMILES string of the molecule is Cc1c(Cl)cccc1N1CCN(CCCCOc2ccc3c(c2)N(C(C)OC(=O)N(C)CC(C)C)C(=O)CC3)CC1. The number of amides is 2. The third-order valence-corrected chi connectivity index (χ3v) is 8.28. The summed E-state index contributed by atoms with van der Waals surface area (Å²) < 4.78 is 11.8. The van der Waals surface area contributed by atoms with Crippen LogP contribution in [0.3, 0.4) is 0 Å². The summed E-state index contributed by atoms with van der Waals surface area (Å²) in [7, 11) is 1.72. The Bertz CT molecular complexity index is 1200. The van der Waals surface area contributed by atoms with E-state index in [1.165, 1.54) is 5.69 Å². The second-order valence-corrected chi connectivity index (χ2v) is 12.0. The van der Waals surface area contributed by atoms with E-state index in [9.17, 15) is 9.59 Å². The zero-order chi connectivity index (χ0) is 29.5. The number of fused-ring (bicyclic) bond motifs is 1. The first-order valence-electron chi connectivity index (χ1n) is 14.9. The fraction of sp³-hybridized carbons (Fsp3) is 0.562. The monoisotopic (exact) mass is 584 g/mol. The van der Waals surface area contributed by atoms with E-state index in [-0.39, 0.29) is 5.91 Å². The van der Waals surface area contributed by atoms with Gasteiger partial charge in [0.15, 0.2) is 6.23 Å². The third kappa shape index (κ3) is 8.07. The number of hydrogen-bond donors (Lipinski definition) is 0. The summed E-state index contributed by atoms with van der Waals surface area (Å²) in [6.45, 7) is 14.3. The molecule has 41 heavy (non-hydrogen) atoms. The van der Waals surface area contributed by atoms with Gasteiger partial charge >= 0.3 is 6.09 Å². The highest BCUT2D eigenvalue weighted by atomic mass is 35.5. The Labute approximate surface area is 250 Å². The lowest BCUT2D eigenvalue weighted by atomic mass is 10.0. The van der Waals surface area contributed by atoms with Gasteiger partial charge in [0.2, 0.25) is 5.91 Å². The lowest BCUT2D eigenvalue weighted by Crippen LogP contribution is -2.46. The summed E-state index contributed by atoms with van der Waals surface area (Å²) in [4.78, 5) is 33.5. The minimum Gasteiger partial charge on any atom is -0.494 e. The molecule has 0 bridgehead atoms. The quantitative estimate of drug-likeness (QED) is 0.303. The molecule has 2 aromatic carbocycles. The van der Waals surface area contributed by atoms with Crippen molar-refractivity contribution in [1.29, 1.82) is 0 Å². The van der Waals surface area contributed by atoms with Crippen LogP contribution in [-0.4, -0.2) is 81.0 Å². The van der Waals surface area contributed by atoms with Gasteiger partial charge in [0.25, 0.3) is 0 Å². The first-order valence-corrected chi connectivity index (χ1v) is 15.2. The fourth-order valence-electron chi connectivity index (χ4n) is 5.65. The summed E-state index contributed by atoms with van der Waals surface area (Å²) in [5.41, 5.74) is 4.21. The van der Waals surface area contributed by atoms with Crippen molar-refractivity contribution in [3.63, 3.8) is 0 Å². The molecule has 0 radical (unpaired) electrons. The molecule has 2 aromatic rings. The average molecular weight is 585 g/mol. The Kier molecular flexibility index (Phi) is 10.8. The van der Waals surface area contributed by atoms with E-state index in [0.717, 1.165) is 73.2 Å². The van der Waals surface area contributed by atoms with Gasteiger partial charge in [0.05, 0.1) is 12.3 Å². The molecule has 224 valence electrons. The van der Waals surface area contributed by atoms with Crippen LogP contribution in [-0.2, 0) is 16.0 Å². The van der Waals surface area contributed by atoms with Gasteiger partial charge in [-0.05, 0) is 74.9 Å². The number of piperazine rings is 1. The van der Waals surface area contributed by atoms with E-state index < -0.39 is 12.3 Å². The molecule has 2 aliphatic heterocycles. The zero-order valence-corrected chi connectivity index (χ0v) is 26.0. The van der Waals surface area contributed by atoms with Crippen LogP contribution in [0.5, 0.6) is 5.75 Å². The van der Waals surface area contributed by atoms with Crippen molar-refractivity contribution in [3.8, 4) is 5.75 Å². The maximum Gasteiger partial charge on any atom is 0.411 e. The molecule has 1 unspecified atom stereocenters. The topological polar surface area (TPSA) is 65.6 Å². The Hall–Kier alpha value is -2.97. The van der Waals surface area contributed by atoms with Crippen molar-refractivity contribution < 1.29 is 19.1 Å². The lowest BCUT2D eigenvalue weighted by Gasteiger charge is -2.37. The normalized spacial score (nSPS) is 16.5. The van der Waals surface area contributed by atoms with Crippen LogP contribution < -0.4 is 14.5 Å². The van der Waals surface area contributed by atoms with E-state index in [4.69, 9.17) is 21.1 Å². The molecule has 8 nitrogen and oxygen atoms in total. The van der Waals surface area contributed by atoms with E-state index >= 15 is 0 Å². The molecular weight excluding hydrogens is 540 g/mol. The van der Waals surface area contributed by atoms with Gasteiger partial charge in [-0.15, -0.1) is 0 Å². The van der Waals surface area contributed by atoms with Crippen LogP contribution in [0.1, 0.15) is 51.2 Å². The summed E-state index contributed by atoms with van der Waals surface area (Å²) in [5, 5.41) is 0.825. The lowest BCUT2D eigenvalue weighted by molar-refractivity contribution is -0.120. The molecule has 0 saturated carbocycles. The van der Waals surface area contributed by atoms with Crippen molar-refractivity contribution in [2.75, 3.05) is 62.7 Å². The minimum atomic E-state index is -0.706. The summed E-state index contributed by atoms with van der Waals surface area (Å²) in [5.74, 6) is 1.01. The standard InChI is InChI=1S/C32H45ClN4O4/c1-23(2)22-34(5)32(39)41-25(4)37-30-21-27(13-11-26(30)12-14-31(37)38)40-20-7-6-15-35-16-18-36(19-17-35)29-10-8-9-28(33)24(29)3/h8-11,13,21,23,25H,6-7,12,14-20,22H2,1-5H3. The molecule has 0 aliphatic carbocycles. The van der Waals surface area contributed by atoms with Crippen LogP contribution in [0.15, 0.2) is 36.4 Å². The molecule has 9 heteroatoms. The van der Waals surface area contributed by atoms with Crippen molar-refractivity contribution in [2.45, 2.75) is 59.6 Å². The molecule has 1 fully saturated rings. The zero-order valence-electron chi connectivity index (χ0n) is 25.2. The number of ether oxygens (including phenoxy) is 2. The van der Waals surface area contributed by atoms with Gasteiger partial charge in [-0.3, -0.25) is 14.6 Å². The largest absolute Gasteiger partial charge is 0.494 e. The van der Waals surface area contributed by atoms with Crippen LogP contribution in [0.2, 0.25) is 5.02 Å². The molecular formula is C32H45ClN4O4. The van der Waals surface area contributed by atoms with Gasteiger partial charge < -0.3 is 19.3 Å². The summed E-state index contributed by atoms with van der Waals surface area (Å²) in [6.07, 6.45) is 1.93. The van der Waals surface area contributed by atoms with Gasteiger partial charge in [-0.1, -0.05) is 37.6 Å². The first-order chi connectivity index (χ1) is 19.6. The summed E-state index contributed by atoms with van der Waals surface area (Å²) >= 11 is 6.32. The average Bonchev–Trinajstić information content (AvgIpc) is 2.94. The molecule has 0 aromatic heterocycles. The highest BCUT2D eigenvalue weighted by Gasteiger charge is 2.31. The molecule has 2 aliphatic rings. The van der Waals surface area contributed by atoms with Crippen molar-refractivity contribution in [1.82, 2.24) is 9.80 Å². The molecule has 2 amide bonds. The fourth-order valence-corrected chi connectivity index (χ4v) is 5.82. The predicted molar refractivity (Wildman–Crippen MR) is 165 cm³/mol. The molecule has 2 heterocycles. The number of benzene rings is 2. The maximum absolute atomic E-state index is 12.9. The second kappa shape index (κ2) is 14.3. The molecule has 0 N–H and O–H groups in total. The Morgan fingerprint density at radius 2 is 1.78 bits per heavy atom. The van der Waals surface area contributed by atoms with Crippen LogP contribution >= 0.6 is 11.6 Å². The number of anilines is 2. The van der Waals surface area contributed by atoms with Gasteiger partial charge in [-0.2, -0.15) is 0 Å². The number of rotatable bonds is 11. The number of unbranched alkanes of at least 4 members (excludes halogenated alkanes) is 1. The van der Waals surface area contributed by atoms with Gasteiger partial charge in [0.1, 0.15) is 5.75 Å². The Balaban J connectivity index is 1.24. The highest BCUT2D eigenvalue weighted by molar-refractivity contribution is 6.31. The minimum absolute atomic E-state index is 0.0490. The number of hydrogen-bond acceptors (Lipinski definition) is 6. The number of nitrogens with zero attached hydrogens (tertiary/aromatic N) is 4.